The van der Waals surface area contributed by atoms with Crippen molar-refractivity contribution in [3.05, 3.63) is 87.8 Å². The van der Waals surface area contributed by atoms with Crippen molar-refractivity contribution in [2.24, 2.45) is 11.0 Å². The third kappa shape index (κ3) is 9.61. The number of hydrogen-bond donors (Lipinski definition) is 1. The number of azide groups is 1. The van der Waals surface area contributed by atoms with Crippen LogP contribution in [0.5, 0.6) is 11.5 Å². The van der Waals surface area contributed by atoms with Crippen LogP contribution in [0.25, 0.3) is 16.5 Å². The van der Waals surface area contributed by atoms with Crippen molar-refractivity contribution in [3.8, 4) is 11.5 Å². The smallest absolute Gasteiger partial charge is 0.340 e. The van der Waals surface area contributed by atoms with E-state index in [0.29, 0.717) is 36.1 Å². The van der Waals surface area contributed by atoms with Crippen molar-refractivity contribution in [3.63, 3.8) is 0 Å². The molecule has 230 valence electrons. The Kier molecular flexibility index (Phi) is 12.2. The van der Waals surface area contributed by atoms with Gasteiger partial charge in [-0.1, -0.05) is 48.5 Å². The lowest BCUT2D eigenvalue weighted by Crippen LogP contribution is -2.35. The Morgan fingerprint density at radius 1 is 1.21 bits per heavy atom. The Bertz CT molecular complexity index is 1350. The van der Waals surface area contributed by atoms with E-state index in [1.54, 1.807) is 49.4 Å². The van der Waals surface area contributed by atoms with Gasteiger partial charge in [-0.05, 0) is 74.4 Å². The highest BCUT2D eigenvalue weighted by Gasteiger charge is 2.44. The van der Waals surface area contributed by atoms with E-state index in [-0.39, 0.29) is 30.1 Å². The number of ether oxygens (including phenoxy) is 5. The zero-order valence-corrected chi connectivity index (χ0v) is 25.1. The van der Waals surface area contributed by atoms with Gasteiger partial charge in [0.1, 0.15) is 29.3 Å². The molecule has 0 saturated carbocycles. The van der Waals surface area contributed by atoms with Crippen molar-refractivity contribution >= 4 is 18.0 Å². The minimum absolute atomic E-state index is 0.0135. The second-order valence-corrected chi connectivity index (χ2v) is 10.8. The number of carbonyl (C=O) groups is 2. The lowest BCUT2D eigenvalue weighted by molar-refractivity contribution is -0.0723. The summed E-state index contributed by atoms with van der Waals surface area (Å²) in [5.74, 6) is -1.13. The molecule has 0 aliphatic carbocycles. The molecule has 0 radical (unpaired) electrons. The Morgan fingerprint density at radius 2 is 1.95 bits per heavy atom. The van der Waals surface area contributed by atoms with Crippen LogP contribution in [0, 0.1) is 5.92 Å². The van der Waals surface area contributed by atoms with Crippen LogP contribution in [-0.2, 0) is 14.2 Å². The number of aromatic carboxylic acids is 1. The largest absolute Gasteiger partial charge is 0.497 e. The monoisotopic (exact) mass is 593 g/mol. The summed E-state index contributed by atoms with van der Waals surface area (Å²) in [5, 5.41) is 13.6. The molecule has 11 nitrogen and oxygen atoms in total. The summed E-state index contributed by atoms with van der Waals surface area (Å²) in [6.45, 7) is 5.65. The first-order valence-electron chi connectivity index (χ1n) is 14.0. The van der Waals surface area contributed by atoms with Gasteiger partial charge in [0.05, 0.1) is 18.3 Å². The van der Waals surface area contributed by atoms with Gasteiger partial charge in [0.25, 0.3) is 0 Å². The zero-order chi connectivity index (χ0) is 31.4. The van der Waals surface area contributed by atoms with Gasteiger partial charge in [0.15, 0.2) is 6.79 Å². The van der Waals surface area contributed by atoms with Crippen LogP contribution in [0.2, 0.25) is 0 Å². The van der Waals surface area contributed by atoms with Gasteiger partial charge >= 0.3 is 11.9 Å². The van der Waals surface area contributed by atoms with Gasteiger partial charge in [-0.15, -0.1) is 0 Å². The van der Waals surface area contributed by atoms with Crippen LogP contribution in [-0.4, -0.2) is 61.9 Å². The molecule has 43 heavy (non-hydrogen) atoms. The number of benzene rings is 2. The first-order chi connectivity index (χ1) is 20.6. The number of methoxy groups -OCH3 is 2. The number of esters is 1. The molecule has 0 spiro atoms. The highest BCUT2D eigenvalue weighted by molar-refractivity contribution is 5.95. The molecule has 1 fully saturated rings. The first kappa shape index (κ1) is 33.2. The maximum Gasteiger partial charge on any atom is 0.340 e. The normalized spacial score (nSPS) is 19.1. The van der Waals surface area contributed by atoms with Crippen LogP contribution in [0.4, 0.5) is 0 Å². The number of carboxylic acids is 1. The summed E-state index contributed by atoms with van der Waals surface area (Å²) in [4.78, 5) is 28.1. The number of rotatable bonds is 15. The fourth-order valence-corrected chi connectivity index (χ4v) is 5.03. The number of allylic oxidation sites excluding steroid dienone is 1. The van der Waals surface area contributed by atoms with Crippen LogP contribution < -0.4 is 9.47 Å². The molecule has 11 heteroatoms. The third-order valence-electron chi connectivity index (χ3n) is 6.93. The Labute approximate surface area is 251 Å². The Morgan fingerprint density at radius 3 is 2.60 bits per heavy atom. The molecule has 1 aliphatic heterocycles. The molecule has 0 amide bonds. The van der Waals surface area contributed by atoms with Crippen molar-refractivity contribution < 1.29 is 38.4 Å². The molecule has 4 atom stereocenters. The number of carbonyl (C=O) groups excluding carboxylic acids is 1. The summed E-state index contributed by atoms with van der Waals surface area (Å²) in [5.41, 5.74) is 9.06. The van der Waals surface area contributed by atoms with Crippen molar-refractivity contribution in [2.45, 2.75) is 63.9 Å². The second-order valence-electron chi connectivity index (χ2n) is 10.8. The van der Waals surface area contributed by atoms with Crippen molar-refractivity contribution in [1.29, 1.82) is 0 Å². The van der Waals surface area contributed by atoms with E-state index in [1.165, 1.54) is 20.3 Å². The number of hydrogen-bond acceptors (Lipinski definition) is 8. The molecule has 0 bridgehead atoms. The van der Waals surface area contributed by atoms with Crippen LogP contribution in [0.1, 0.15) is 66.3 Å². The quantitative estimate of drug-likeness (QED) is 0.0589. The van der Waals surface area contributed by atoms with E-state index in [0.717, 1.165) is 0 Å². The maximum atomic E-state index is 13.1. The van der Waals surface area contributed by atoms with Gasteiger partial charge < -0.3 is 28.8 Å². The van der Waals surface area contributed by atoms with E-state index in [1.807, 2.05) is 32.1 Å². The van der Waals surface area contributed by atoms with Gasteiger partial charge in [0, 0.05) is 24.1 Å². The average molecular weight is 594 g/mol. The summed E-state index contributed by atoms with van der Waals surface area (Å²) in [6.07, 6.45) is 7.68. The molecular weight excluding hydrogens is 554 g/mol. The third-order valence-corrected chi connectivity index (χ3v) is 6.93. The van der Waals surface area contributed by atoms with Crippen molar-refractivity contribution in [2.75, 3.05) is 21.0 Å². The van der Waals surface area contributed by atoms with Gasteiger partial charge in [-0.25, -0.2) is 9.59 Å². The summed E-state index contributed by atoms with van der Waals surface area (Å²) >= 11 is 0. The topological polar surface area (TPSA) is 149 Å². The fraction of sp³-hybridized carbons (Fsp3) is 0.438. The maximum absolute atomic E-state index is 13.1. The van der Waals surface area contributed by atoms with Gasteiger partial charge in [-0.3, -0.25) is 0 Å². The molecule has 1 saturated heterocycles. The predicted molar refractivity (Wildman–Crippen MR) is 161 cm³/mol. The van der Waals surface area contributed by atoms with E-state index in [4.69, 9.17) is 29.2 Å². The Hall–Kier alpha value is -4.31. The molecular formula is C32H39N3O8. The lowest BCUT2D eigenvalue weighted by atomic mass is 9.88. The van der Waals surface area contributed by atoms with Crippen LogP contribution in [0.3, 0.4) is 0 Å². The van der Waals surface area contributed by atoms with Gasteiger partial charge in [0.2, 0.25) is 0 Å². The minimum atomic E-state index is -1.15. The summed E-state index contributed by atoms with van der Waals surface area (Å²) in [7, 11) is 2.94. The molecule has 1 aliphatic rings. The molecule has 1 N–H and O–H groups in total. The fourth-order valence-electron chi connectivity index (χ4n) is 5.03. The lowest BCUT2D eigenvalue weighted by Gasteiger charge is -2.26. The van der Waals surface area contributed by atoms with Crippen LogP contribution in [0.15, 0.2) is 65.8 Å². The summed E-state index contributed by atoms with van der Waals surface area (Å²) in [6, 6.07) is 11.6. The molecule has 0 aromatic heterocycles. The molecule has 1 unspecified atom stereocenters. The zero-order valence-electron chi connectivity index (χ0n) is 25.1. The number of carboxylic acid groups (broad SMARTS) is 1. The Balaban J connectivity index is 1.90. The molecule has 1 heterocycles. The second kappa shape index (κ2) is 15.8. The van der Waals surface area contributed by atoms with E-state index < -0.39 is 29.7 Å². The van der Waals surface area contributed by atoms with Crippen LogP contribution >= 0.6 is 0 Å². The number of nitrogens with zero attached hydrogens (tertiary/aromatic N) is 3. The highest BCUT2D eigenvalue weighted by Crippen LogP contribution is 2.40. The SMILES string of the molecule is COCOc1cc(OC)cc(/C=C/C[C@@H]2CC(C)(C)O[C@@H]2C(/C=C\C[C@H](C)N=[N+]=[N-])OC(=O)c2ccccc2)c1C(=O)O. The van der Waals surface area contributed by atoms with Gasteiger partial charge in [-0.2, -0.15) is 0 Å². The minimum Gasteiger partial charge on any atom is -0.497 e. The molecule has 2 aromatic carbocycles. The standard InChI is InChI=1S/C32H39N3O8/c1-21(34-35-33)11-9-16-26(42-31(38)22-12-7-6-8-13-22)29-24(19-32(2,3)43-29)15-10-14-23-17-25(40-5)18-27(41-20-39-4)28(23)30(36)37/h6-10,12-14,16-18,21,24,26,29H,11,15,19-20H2,1-5H3,(H,36,37)/b14-10+,16-9-/t21-,24+,26?,29-/m0/s1. The predicted octanol–water partition coefficient (Wildman–Crippen LogP) is 6.83. The highest BCUT2D eigenvalue weighted by atomic mass is 16.7. The van der Waals surface area contributed by atoms with E-state index in [2.05, 4.69) is 10.0 Å². The van der Waals surface area contributed by atoms with E-state index >= 15 is 0 Å². The average Bonchev–Trinajstić information content (AvgIpc) is 3.29. The molecule has 2 aromatic rings. The first-order valence-corrected chi connectivity index (χ1v) is 14.0. The van der Waals surface area contributed by atoms with Crippen molar-refractivity contribution in [1.82, 2.24) is 0 Å². The summed E-state index contributed by atoms with van der Waals surface area (Å²) < 4.78 is 28.2. The van der Waals surface area contributed by atoms with E-state index in [9.17, 15) is 14.7 Å². The molecule has 3 rings (SSSR count).